The molecule has 0 radical (unpaired) electrons. The van der Waals surface area contributed by atoms with Gasteiger partial charge in [0.05, 0.1) is 6.42 Å². The highest BCUT2D eigenvalue weighted by Crippen LogP contribution is 1.86. The molecule has 0 spiro atoms. The molecule has 4 N–H and O–H groups in total. The van der Waals surface area contributed by atoms with Crippen LogP contribution in [0.25, 0.3) is 0 Å². The first-order valence-electron chi connectivity index (χ1n) is 2.24. The van der Waals surface area contributed by atoms with Crippen LogP contribution < -0.4 is 5.73 Å². The van der Waals surface area contributed by atoms with Crippen molar-refractivity contribution in [3.63, 3.8) is 0 Å². The summed E-state index contributed by atoms with van der Waals surface area (Å²) in [5.41, 5.74) is 4.84. The van der Waals surface area contributed by atoms with Crippen molar-refractivity contribution in [1.29, 1.82) is 0 Å². The summed E-state index contributed by atoms with van der Waals surface area (Å²) < 4.78 is 0. The first-order chi connectivity index (χ1) is 4.04. The predicted molar refractivity (Wildman–Crippen MR) is 36.4 cm³/mol. The zero-order valence-electron chi connectivity index (χ0n) is 4.57. The van der Waals surface area contributed by atoms with E-state index in [4.69, 9.17) is 15.9 Å². The molecule has 0 aliphatic rings. The summed E-state index contributed by atoms with van der Waals surface area (Å²) in [6.45, 7) is 0. The Hall–Kier alpha value is -0.334. The van der Waals surface area contributed by atoms with E-state index in [1.54, 1.807) is 0 Å². The average molecular weight is 159 g/mol. The third-order valence-corrected chi connectivity index (χ3v) is 0.712. The van der Waals surface area contributed by atoms with Gasteiger partial charge in [-0.1, -0.05) is 0 Å². The molecule has 0 aromatic heterocycles. The molecular formula is C4H9MgNO4. The maximum absolute atomic E-state index is 9.85. The third-order valence-electron chi connectivity index (χ3n) is 0.712. The Morgan fingerprint density at radius 2 is 1.80 bits per heavy atom. The van der Waals surface area contributed by atoms with Crippen LogP contribution in [0.1, 0.15) is 6.42 Å². The third kappa shape index (κ3) is 5.80. The summed E-state index contributed by atoms with van der Waals surface area (Å²) in [5.74, 6) is -2.50. The van der Waals surface area contributed by atoms with Crippen molar-refractivity contribution in [3.05, 3.63) is 0 Å². The van der Waals surface area contributed by atoms with Gasteiger partial charge in [0, 0.05) is 0 Å². The molecule has 0 bridgehead atoms. The Labute approximate surface area is 73.4 Å². The lowest BCUT2D eigenvalue weighted by Gasteiger charge is -1.99. The van der Waals surface area contributed by atoms with E-state index >= 15 is 0 Å². The fraction of sp³-hybridized carbons (Fsp3) is 0.500. The molecule has 0 aromatic rings. The molecule has 0 heterocycles. The van der Waals surface area contributed by atoms with Crippen molar-refractivity contribution in [3.8, 4) is 0 Å². The van der Waals surface area contributed by atoms with Crippen molar-refractivity contribution < 1.29 is 19.8 Å². The lowest BCUT2D eigenvalue weighted by molar-refractivity contribution is -0.144. The van der Waals surface area contributed by atoms with Crippen molar-refractivity contribution >= 4 is 35.0 Å². The summed E-state index contributed by atoms with van der Waals surface area (Å²) in [4.78, 5) is 19.6. The Morgan fingerprint density at radius 3 is 1.90 bits per heavy atom. The van der Waals surface area contributed by atoms with Crippen molar-refractivity contribution in [2.75, 3.05) is 0 Å². The van der Waals surface area contributed by atoms with E-state index in [2.05, 4.69) is 0 Å². The van der Waals surface area contributed by atoms with E-state index in [0.717, 1.165) is 0 Å². The number of carboxylic acids is 2. The van der Waals surface area contributed by atoms with Gasteiger partial charge in [-0.2, -0.15) is 0 Å². The van der Waals surface area contributed by atoms with Gasteiger partial charge in [0.2, 0.25) is 0 Å². The maximum Gasteiger partial charge on any atom is 0.321 e. The molecular weight excluding hydrogens is 150 g/mol. The summed E-state index contributed by atoms with van der Waals surface area (Å²) >= 11 is 0. The van der Waals surface area contributed by atoms with E-state index in [9.17, 15) is 9.59 Å². The highest BCUT2D eigenvalue weighted by molar-refractivity contribution is 5.80. The number of carbonyl (C=O) groups is 2. The van der Waals surface area contributed by atoms with Gasteiger partial charge < -0.3 is 15.9 Å². The van der Waals surface area contributed by atoms with Crippen LogP contribution in [0.4, 0.5) is 0 Å². The first-order valence-corrected chi connectivity index (χ1v) is 2.24. The number of hydrogen-bond acceptors (Lipinski definition) is 3. The van der Waals surface area contributed by atoms with Crippen molar-refractivity contribution in [2.24, 2.45) is 5.73 Å². The maximum atomic E-state index is 9.85. The van der Waals surface area contributed by atoms with Crippen LogP contribution in [0.5, 0.6) is 0 Å². The van der Waals surface area contributed by atoms with E-state index < -0.39 is 24.4 Å². The molecule has 0 fully saturated rings. The van der Waals surface area contributed by atoms with Crippen LogP contribution in [-0.2, 0) is 9.59 Å². The highest BCUT2D eigenvalue weighted by atomic mass is 24.3. The van der Waals surface area contributed by atoms with Crippen LogP contribution in [0.2, 0.25) is 0 Å². The van der Waals surface area contributed by atoms with E-state index in [1.807, 2.05) is 0 Å². The Kier molecular flexibility index (Phi) is 6.73. The van der Waals surface area contributed by atoms with Gasteiger partial charge in [0.15, 0.2) is 0 Å². The van der Waals surface area contributed by atoms with Crippen LogP contribution in [-0.4, -0.2) is 51.2 Å². The normalized spacial score (nSPS) is 11.3. The van der Waals surface area contributed by atoms with E-state index in [1.165, 1.54) is 0 Å². The molecule has 0 aliphatic heterocycles. The van der Waals surface area contributed by atoms with Gasteiger partial charge in [-0.25, -0.2) is 0 Å². The van der Waals surface area contributed by atoms with E-state index in [-0.39, 0.29) is 23.1 Å². The Balaban J connectivity index is 0. The number of rotatable bonds is 3. The molecule has 0 saturated heterocycles. The monoisotopic (exact) mass is 159 g/mol. The molecule has 10 heavy (non-hydrogen) atoms. The number of nitrogens with two attached hydrogens (primary N) is 1. The Morgan fingerprint density at radius 1 is 1.40 bits per heavy atom. The van der Waals surface area contributed by atoms with Crippen LogP contribution in [0.15, 0.2) is 0 Å². The van der Waals surface area contributed by atoms with Crippen LogP contribution in [0, 0.1) is 0 Å². The average Bonchev–Trinajstić information content (AvgIpc) is 1.63. The fourth-order valence-corrected chi connectivity index (χ4v) is 0.275. The zero-order chi connectivity index (χ0) is 7.44. The van der Waals surface area contributed by atoms with Gasteiger partial charge in [-0.15, -0.1) is 0 Å². The molecule has 0 aliphatic carbocycles. The molecule has 56 valence electrons. The molecule has 0 saturated carbocycles. The summed E-state index contributed by atoms with van der Waals surface area (Å²) in [6.07, 6.45) is -0.532. The molecule has 1 atom stereocenters. The molecule has 0 unspecified atom stereocenters. The zero-order valence-corrected chi connectivity index (χ0v) is 4.57. The minimum Gasteiger partial charge on any atom is -0.481 e. The van der Waals surface area contributed by atoms with Gasteiger partial charge in [0.1, 0.15) is 6.04 Å². The lowest BCUT2D eigenvalue weighted by Crippen LogP contribution is -2.32. The molecule has 5 nitrogen and oxygen atoms in total. The number of hydrogen-bond donors (Lipinski definition) is 3. The summed E-state index contributed by atoms with van der Waals surface area (Å²) in [7, 11) is 0. The van der Waals surface area contributed by atoms with Crippen molar-refractivity contribution in [1.82, 2.24) is 0 Å². The summed E-state index contributed by atoms with van der Waals surface area (Å²) in [5, 5.41) is 16.0. The summed E-state index contributed by atoms with van der Waals surface area (Å²) in [6, 6.07) is -1.29. The largest absolute Gasteiger partial charge is 0.481 e. The first kappa shape index (κ1) is 12.4. The molecule has 6 heteroatoms. The number of aliphatic carboxylic acids is 2. The standard InChI is InChI=1S/C4H7NO4.Mg.2H/c5-2(4(8)9)1-3(6)7;;;/h2H,1,5H2,(H,6,7)(H,8,9);;;/t2-;;;/m0.../s1. The highest BCUT2D eigenvalue weighted by Gasteiger charge is 2.14. The second-order valence-corrected chi connectivity index (χ2v) is 1.54. The van der Waals surface area contributed by atoms with Gasteiger partial charge in [-0.05, 0) is 0 Å². The predicted octanol–water partition coefficient (Wildman–Crippen LogP) is -2.04. The van der Waals surface area contributed by atoms with Crippen molar-refractivity contribution in [2.45, 2.75) is 12.5 Å². The minimum atomic E-state index is -1.29. The Bertz CT molecular complexity index is 137. The molecule has 0 rings (SSSR count). The second kappa shape index (κ2) is 5.45. The minimum absolute atomic E-state index is 0. The van der Waals surface area contributed by atoms with Crippen LogP contribution in [0.3, 0.4) is 0 Å². The fourth-order valence-electron chi connectivity index (χ4n) is 0.275. The van der Waals surface area contributed by atoms with Crippen LogP contribution >= 0.6 is 0 Å². The molecule has 0 amide bonds. The number of carboxylic acid groups (broad SMARTS) is 2. The second-order valence-electron chi connectivity index (χ2n) is 1.54. The quantitative estimate of drug-likeness (QED) is 0.412. The van der Waals surface area contributed by atoms with Gasteiger partial charge in [0.25, 0.3) is 0 Å². The smallest absolute Gasteiger partial charge is 0.321 e. The molecule has 0 aromatic carbocycles. The topological polar surface area (TPSA) is 101 Å². The van der Waals surface area contributed by atoms with E-state index in [0.29, 0.717) is 0 Å². The van der Waals surface area contributed by atoms with Gasteiger partial charge in [-0.3, -0.25) is 9.59 Å². The lowest BCUT2D eigenvalue weighted by atomic mass is 10.2. The van der Waals surface area contributed by atoms with Gasteiger partial charge >= 0.3 is 35.0 Å². The SMILES string of the molecule is N[C@@H](CC(=O)O)C(=O)O.[MgH2].